The number of benzene rings is 1. The van der Waals surface area contributed by atoms with Gasteiger partial charge >= 0.3 is 12.3 Å². The average molecular weight is 308 g/mol. The number of rotatable bonds is 2. The van der Waals surface area contributed by atoms with Crippen LogP contribution < -0.4 is 4.74 Å². The van der Waals surface area contributed by atoms with Gasteiger partial charge in [0.15, 0.2) is 0 Å². The zero-order valence-electron chi connectivity index (χ0n) is 8.16. The third-order valence-electron chi connectivity index (χ3n) is 1.82. The maximum Gasteiger partial charge on any atom is 0.416 e. The fraction of sp³-hybridized carbons (Fsp3) is 0.100. The van der Waals surface area contributed by atoms with Crippen LogP contribution in [0.1, 0.15) is 5.56 Å². The van der Waals surface area contributed by atoms with Gasteiger partial charge in [-0.1, -0.05) is 6.07 Å². The molecular formula is C10H5BrF3NO2. The topological polar surface area (TPSA) is 35.3 Å². The molecule has 0 saturated heterocycles. The van der Waals surface area contributed by atoms with Crippen molar-refractivity contribution >= 4 is 15.9 Å². The van der Waals surface area contributed by atoms with Crippen molar-refractivity contribution in [1.29, 1.82) is 0 Å². The molecule has 0 radical (unpaired) electrons. The Kier molecular flexibility index (Phi) is 3.10. The Morgan fingerprint density at radius 1 is 1.29 bits per heavy atom. The Balaban J connectivity index is 2.22. The molecule has 1 heterocycles. The van der Waals surface area contributed by atoms with E-state index in [4.69, 9.17) is 9.15 Å². The van der Waals surface area contributed by atoms with E-state index in [2.05, 4.69) is 20.9 Å². The van der Waals surface area contributed by atoms with Crippen LogP contribution in [0.2, 0.25) is 0 Å². The van der Waals surface area contributed by atoms with Crippen LogP contribution in [0.5, 0.6) is 11.8 Å². The molecule has 2 aromatic rings. The van der Waals surface area contributed by atoms with Gasteiger partial charge in [0.25, 0.3) is 0 Å². The third-order valence-corrected chi connectivity index (χ3v) is 2.19. The molecule has 0 aliphatic heterocycles. The van der Waals surface area contributed by atoms with Gasteiger partial charge in [-0.25, -0.2) is 0 Å². The lowest BCUT2D eigenvalue weighted by Crippen LogP contribution is -2.04. The van der Waals surface area contributed by atoms with E-state index in [0.717, 1.165) is 12.1 Å². The molecule has 17 heavy (non-hydrogen) atoms. The molecule has 1 aromatic carbocycles. The maximum absolute atomic E-state index is 12.4. The lowest BCUT2D eigenvalue weighted by atomic mass is 10.2. The van der Waals surface area contributed by atoms with Gasteiger partial charge in [-0.2, -0.15) is 18.2 Å². The molecule has 1 aromatic heterocycles. The molecule has 0 aliphatic rings. The first-order chi connectivity index (χ1) is 7.95. The number of hydrogen-bond acceptors (Lipinski definition) is 3. The number of nitrogens with zero attached hydrogens (tertiary/aromatic N) is 1. The van der Waals surface area contributed by atoms with Gasteiger partial charge in [0.05, 0.1) is 5.56 Å². The van der Waals surface area contributed by atoms with Crippen molar-refractivity contribution in [2.24, 2.45) is 0 Å². The highest BCUT2D eigenvalue weighted by Crippen LogP contribution is 2.32. The number of alkyl halides is 3. The average Bonchev–Trinajstić information content (AvgIpc) is 2.63. The van der Waals surface area contributed by atoms with Gasteiger partial charge in [0.1, 0.15) is 16.6 Å². The summed E-state index contributed by atoms with van der Waals surface area (Å²) < 4.78 is 47.5. The zero-order valence-corrected chi connectivity index (χ0v) is 9.75. The van der Waals surface area contributed by atoms with Crippen LogP contribution in [0.4, 0.5) is 13.2 Å². The Hall–Kier alpha value is -1.50. The predicted octanol–water partition coefficient (Wildman–Crippen LogP) is 4.25. The van der Waals surface area contributed by atoms with Gasteiger partial charge in [0, 0.05) is 0 Å². The Bertz CT molecular complexity index is 524. The number of aromatic nitrogens is 1. The summed E-state index contributed by atoms with van der Waals surface area (Å²) in [6.45, 7) is 0. The first-order valence-corrected chi connectivity index (χ1v) is 5.20. The van der Waals surface area contributed by atoms with Crippen molar-refractivity contribution < 1.29 is 22.3 Å². The van der Waals surface area contributed by atoms with Crippen LogP contribution in [0.15, 0.2) is 39.5 Å². The van der Waals surface area contributed by atoms with Crippen molar-refractivity contribution in [1.82, 2.24) is 4.98 Å². The van der Waals surface area contributed by atoms with Crippen LogP contribution in [0.3, 0.4) is 0 Å². The molecule has 0 aliphatic carbocycles. The molecule has 3 nitrogen and oxygen atoms in total. The van der Waals surface area contributed by atoms with E-state index in [-0.39, 0.29) is 11.8 Å². The molecule has 90 valence electrons. The first-order valence-electron chi connectivity index (χ1n) is 4.41. The summed E-state index contributed by atoms with van der Waals surface area (Å²) in [6, 6.07) is 4.46. The van der Waals surface area contributed by atoms with Gasteiger partial charge in [-0.05, 0) is 34.1 Å². The van der Waals surface area contributed by atoms with E-state index in [9.17, 15) is 13.2 Å². The van der Waals surface area contributed by atoms with Crippen molar-refractivity contribution in [2.45, 2.75) is 6.18 Å². The van der Waals surface area contributed by atoms with E-state index in [0.29, 0.717) is 4.60 Å². The minimum Gasteiger partial charge on any atom is -0.416 e. The quantitative estimate of drug-likeness (QED) is 0.832. The SMILES string of the molecule is FC(F)(F)c1cccc(Oc2nc(Br)co2)c1. The van der Waals surface area contributed by atoms with Crippen LogP contribution >= 0.6 is 15.9 Å². The van der Waals surface area contributed by atoms with E-state index in [1.165, 1.54) is 18.4 Å². The normalized spacial score (nSPS) is 11.5. The molecular weight excluding hydrogens is 303 g/mol. The van der Waals surface area contributed by atoms with Crippen LogP contribution in [0.25, 0.3) is 0 Å². The van der Waals surface area contributed by atoms with Gasteiger partial charge in [-0.3, -0.25) is 0 Å². The Morgan fingerprint density at radius 2 is 2.06 bits per heavy atom. The summed E-state index contributed by atoms with van der Waals surface area (Å²) in [4.78, 5) is 3.74. The van der Waals surface area contributed by atoms with E-state index in [1.54, 1.807) is 0 Å². The number of oxazole rings is 1. The molecule has 0 unspecified atom stereocenters. The lowest BCUT2D eigenvalue weighted by Gasteiger charge is -2.07. The molecule has 0 bridgehead atoms. The molecule has 7 heteroatoms. The molecule has 0 N–H and O–H groups in total. The summed E-state index contributed by atoms with van der Waals surface area (Å²) in [5.74, 6) is 0.00850. The van der Waals surface area contributed by atoms with Crippen LogP contribution in [-0.2, 0) is 6.18 Å². The highest BCUT2D eigenvalue weighted by molar-refractivity contribution is 9.10. The third kappa shape index (κ3) is 3.00. The second-order valence-electron chi connectivity index (χ2n) is 3.06. The molecule has 2 rings (SSSR count). The second-order valence-corrected chi connectivity index (χ2v) is 3.88. The van der Waals surface area contributed by atoms with Gasteiger partial charge < -0.3 is 9.15 Å². The smallest absolute Gasteiger partial charge is 0.416 e. The number of halogens is 4. The minimum absolute atomic E-state index is 0.00850. The molecule has 0 amide bonds. The van der Waals surface area contributed by atoms with Crippen molar-refractivity contribution in [3.63, 3.8) is 0 Å². The van der Waals surface area contributed by atoms with Crippen LogP contribution in [0, 0.1) is 0 Å². The standard InChI is InChI=1S/C10H5BrF3NO2/c11-8-5-16-9(15-8)17-7-3-1-2-6(4-7)10(12,13)14/h1-5H. The summed E-state index contributed by atoms with van der Waals surface area (Å²) in [7, 11) is 0. The van der Waals surface area contributed by atoms with Crippen molar-refractivity contribution in [3.05, 3.63) is 40.7 Å². The highest BCUT2D eigenvalue weighted by Gasteiger charge is 2.30. The number of ether oxygens (including phenoxy) is 1. The van der Waals surface area contributed by atoms with E-state index < -0.39 is 11.7 Å². The summed E-state index contributed by atoms with van der Waals surface area (Å²) in [5.41, 5.74) is -0.791. The summed E-state index contributed by atoms with van der Waals surface area (Å²) >= 11 is 3.03. The first kappa shape index (κ1) is 12.0. The monoisotopic (exact) mass is 307 g/mol. The summed E-state index contributed by atoms with van der Waals surface area (Å²) in [5, 5.41) is 0. The van der Waals surface area contributed by atoms with Crippen molar-refractivity contribution in [2.75, 3.05) is 0 Å². The fourth-order valence-corrected chi connectivity index (χ4v) is 1.36. The van der Waals surface area contributed by atoms with Gasteiger partial charge in [0.2, 0.25) is 0 Å². The van der Waals surface area contributed by atoms with Gasteiger partial charge in [-0.15, -0.1) is 0 Å². The highest BCUT2D eigenvalue weighted by atomic mass is 79.9. The lowest BCUT2D eigenvalue weighted by molar-refractivity contribution is -0.137. The zero-order chi connectivity index (χ0) is 12.5. The summed E-state index contributed by atoms with van der Waals surface area (Å²) in [6.07, 6.45) is -3.27. The molecule has 0 fully saturated rings. The maximum atomic E-state index is 12.4. The Morgan fingerprint density at radius 3 is 2.65 bits per heavy atom. The molecule has 0 atom stereocenters. The second kappa shape index (κ2) is 4.40. The largest absolute Gasteiger partial charge is 0.416 e. The van der Waals surface area contributed by atoms with Crippen molar-refractivity contribution in [3.8, 4) is 11.8 Å². The van der Waals surface area contributed by atoms with E-state index in [1.807, 2.05) is 0 Å². The van der Waals surface area contributed by atoms with E-state index >= 15 is 0 Å². The predicted molar refractivity (Wildman–Crippen MR) is 55.7 cm³/mol. The number of hydrogen-bond donors (Lipinski definition) is 0. The molecule has 0 spiro atoms. The fourth-order valence-electron chi connectivity index (χ4n) is 1.12. The Labute approximate surface area is 102 Å². The molecule has 0 saturated carbocycles. The minimum atomic E-state index is -4.41. The van der Waals surface area contributed by atoms with Crippen LogP contribution in [-0.4, -0.2) is 4.98 Å².